The van der Waals surface area contributed by atoms with Crippen LogP contribution in [0.25, 0.3) is 11.4 Å². The highest BCUT2D eigenvalue weighted by Gasteiger charge is 2.17. The zero-order valence-electron chi connectivity index (χ0n) is 13.2. The van der Waals surface area contributed by atoms with E-state index in [9.17, 15) is 0 Å². The van der Waals surface area contributed by atoms with Crippen LogP contribution in [0.2, 0.25) is 5.02 Å². The van der Waals surface area contributed by atoms with Crippen molar-refractivity contribution < 1.29 is 4.74 Å². The van der Waals surface area contributed by atoms with Crippen molar-refractivity contribution in [3.05, 3.63) is 70.5 Å². The summed E-state index contributed by atoms with van der Waals surface area (Å²) in [6.07, 6.45) is 0.953. The van der Waals surface area contributed by atoms with E-state index < -0.39 is 0 Å². The maximum atomic E-state index is 6.21. The number of hydrogen-bond acceptors (Lipinski definition) is 3. The van der Waals surface area contributed by atoms with Crippen LogP contribution >= 0.6 is 11.6 Å². The number of para-hydroxylation sites is 1. The molecular formula is C19H18ClN3O. The molecule has 4 nitrogen and oxygen atoms in total. The molecule has 0 unspecified atom stereocenters. The number of aromatic amines is 1. The highest BCUT2D eigenvalue weighted by atomic mass is 35.5. The van der Waals surface area contributed by atoms with Crippen molar-refractivity contribution in [2.24, 2.45) is 0 Å². The number of imidazole rings is 1. The number of nitrogens with zero attached hydrogens (tertiary/aromatic N) is 1. The summed E-state index contributed by atoms with van der Waals surface area (Å²) in [4.78, 5) is 8.17. The van der Waals surface area contributed by atoms with Gasteiger partial charge in [-0.1, -0.05) is 41.9 Å². The molecule has 0 radical (unpaired) electrons. The summed E-state index contributed by atoms with van der Waals surface area (Å²) in [5.41, 5.74) is 4.25. The minimum Gasteiger partial charge on any atom is -0.488 e. The Morgan fingerprint density at radius 2 is 1.92 bits per heavy atom. The van der Waals surface area contributed by atoms with Crippen molar-refractivity contribution in [2.75, 3.05) is 6.54 Å². The summed E-state index contributed by atoms with van der Waals surface area (Å²) in [6, 6.07) is 15.7. The van der Waals surface area contributed by atoms with E-state index >= 15 is 0 Å². The fraction of sp³-hybridized carbons (Fsp3) is 0.211. The van der Waals surface area contributed by atoms with Gasteiger partial charge in [-0.15, -0.1) is 0 Å². The number of fused-ring (bicyclic) bond motifs is 1. The summed E-state index contributed by atoms with van der Waals surface area (Å²) in [7, 11) is 0. The number of halogens is 1. The maximum absolute atomic E-state index is 6.21. The van der Waals surface area contributed by atoms with Crippen molar-refractivity contribution in [3.8, 4) is 17.1 Å². The summed E-state index contributed by atoms with van der Waals surface area (Å²) in [5.74, 6) is 1.66. The van der Waals surface area contributed by atoms with Gasteiger partial charge in [0.05, 0.1) is 17.0 Å². The molecule has 0 amide bonds. The molecule has 0 atom stereocenters. The number of benzene rings is 2. The summed E-state index contributed by atoms with van der Waals surface area (Å²) >= 11 is 6.21. The average Bonchev–Trinajstić information content (AvgIpc) is 3.05. The number of hydrogen-bond donors (Lipinski definition) is 2. The molecule has 122 valence electrons. The fourth-order valence-electron chi connectivity index (χ4n) is 2.91. The standard InChI is InChI=1S/C19H18ClN3O/c20-15-7-3-1-5-13(15)12-24-18-8-4-2-6-14(18)19-22-16-9-10-21-11-17(16)23-19/h1-8,21H,9-12H2,(H,22,23). The van der Waals surface area contributed by atoms with Gasteiger partial charge in [-0.25, -0.2) is 4.98 Å². The summed E-state index contributed by atoms with van der Waals surface area (Å²) in [6.45, 7) is 2.24. The predicted molar refractivity (Wildman–Crippen MR) is 95.2 cm³/mol. The van der Waals surface area contributed by atoms with Crippen molar-refractivity contribution in [1.82, 2.24) is 15.3 Å². The molecule has 24 heavy (non-hydrogen) atoms. The zero-order chi connectivity index (χ0) is 16.4. The largest absolute Gasteiger partial charge is 0.488 e. The van der Waals surface area contributed by atoms with Crippen LogP contribution in [-0.4, -0.2) is 16.5 Å². The minimum absolute atomic E-state index is 0.429. The molecule has 1 aromatic heterocycles. The number of aromatic nitrogens is 2. The first-order valence-electron chi connectivity index (χ1n) is 8.05. The third-order valence-corrected chi connectivity index (χ3v) is 4.56. The Labute approximate surface area is 145 Å². The lowest BCUT2D eigenvalue weighted by Gasteiger charge is -2.11. The highest BCUT2D eigenvalue weighted by Crippen LogP contribution is 2.30. The predicted octanol–water partition coefficient (Wildman–Crippen LogP) is 3.95. The van der Waals surface area contributed by atoms with Gasteiger partial charge >= 0.3 is 0 Å². The number of rotatable bonds is 4. The topological polar surface area (TPSA) is 49.9 Å². The van der Waals surface area contributed by atoms with Gasteiger partial charge in [0.25, 0.3) is 0 Å². The van der Waals surface area contributed by atoms with E-state index in [1.807, 2.05) is 48.5 Å². The van der Waals surface area contributed by atoms with Crippen LogP contribution in [0.4, 0.5) is 0 Å². The number of nitrogens with one attached hydrogen (secondary N) is 2. The molecule has 0 spiro atoms. The van der Waals surface area contributed by atoms with Crippen LogP contribution in [0.3, 0.4) is 0 Å². The SMILES string of the molecule is Clc1ccccc1COc1ccccc1-c1nc2c([nH]1)CNCC2. The van der Waals surface area contributed by atoms with Gasteiger partial charge < -0.3 is 15.0 Å². The van der Waals surface area contributed by atoms with E-state index in [0.717, 1.165) is 58.6 Å². The second-order valence-electron chi connectivity index (χ2n) is 5.81. The average molecular weight is 340 g/mol. The van der Waals surface area contributed by atoms with Crippen LogP contribution < -0.4 is 10.1 Å². The van der Waals surface area contributed by atoms with E-state index in [4.69, 9.17) is 21.3 Å². The smallest absolute Gasteiger partial charge is 0.141 e. The quantitative estimate of drug-likeness (QED) is 0.756. The van der Waals surface area contributed by atoms with Crippen LogP contribution in [0.1, 0.15) is 17.0 Å². The molecule has 0 aliphatic carbocycles. The van der Waals surface area contributed by atoms with Gasteiger partial charge in [0, 0.05) is 30.1 Å². The lowest BCUT2D eigenvalue weighted by atomic mass is 10.2. The Morgan fingerprint density at radius 3 is 2.79 bits per heavy atom. The molecule has 2 heterocycles. The number of ether oxygens (including phenoxy) is 1. The van der Waals surface area contributed by atoms with Gasteiger partial charge in [-0.2, -0.15) is 0 Å². The highest BCUT2D eigenvalue weighted by molar-refractivity contribution is 6.31. The molecule has 1 aliphatic heterocycles. The van der Waals surface area contributed by atoms with Crippen LogP contribution in [-0.2, 0) is 19.6 Å². The minimum atomic E-state index is 0.429. The molecular weight excluding hydrogens is 322 g/mol. The van der Waals surface area contributed by atoms with E-state index in [1.54, 1.807) is 0 Å². The molecule has 1 aliphatic rings. The second-order valence-corrected chi connectivity index (χ2v) is 6.22. The zero-order valence-corrected chi connectivity index (χ0v) is 13.9. The Balaban J connectivity index is 1.61. The van der Waals surface area contributed by atoms with Gasteiger partial charge in [-0.05, 0) is 18.2 Å². The molecule has 0 fully saturated rings. The van der Waals surface area contributed by atoms with E-state index in [0.29, 0.717) is 6.61 Å². The molecule has 2 N–H and O–H groups in total. The van der Waals surface area contributed by atoms with Crippen molar-refractivity contribution in [1.29, 1.82) is 0 Å². The summed E-state index contributed by atoms with van der Waals surface area (Å²) in [5, 5.41) is 4.07. The van der Waals surface area contributed by atoms with Crippen LogP contribution in [0.15, 0.2) is 48.5 Å². The Hall–Kier alpha value is -2.30. The molecule has 2 aromatic carbocycles. The second kappa shape index (κ2) is 6.67. The van der Waals surface area contributed by atoms with Gasteiger partial charge in [0.1, 0.15) is 18.2 Å². The van der Waals surface area contributed by atoms with E-state index in [2.05, 4.69) is 10.3 Å². The van der Waals surface area contributed by atoms with Gasteiger partial charge in [0.15, 0.2) is 0 Å². The van der Waals surface area contributed by atoms with Crippen LogP contribution in [0.5, 0.6) is 5.75 Å². The van der Waals surface area contributed by atoms with Gasteiger partial charge in [0.2, 0.25) is 0 Å². The molecule has 0 saturated carbocycles. The molecule has 4 rings (SSSR count). The third-order valence-electron chi connectivity index (χ3n) is 4.19. The first kappa shape index (κ1) is 15.2. The maximum Gasteiger partial charge on any atom is 0.141 e. The lowest BCUT2D eigenvalue weighted by Crippen LogP contribution is -2.23. The molecule has 0 bridgehead atoms. The third kappa shape index (κ3) is 3.03. The summed E-state index contributed by atoms with van der Waals surface area (Å²) < 4.78 is 6.03. The number of H-pyrrole nitrogens is 1. The van der Waals surface area contributed by atoms with Crippen molar-refractivity contribution in [2.45, 2.75) is 19.6 Å². The molecule has 3 aromatic rings. The first-order valence-corrected chi connectivity index (χ1v) is 8.43. The van der Waals surface area contributed by atoms with E-state index in [1.165, 1.54) is 0 Å². The monoisotopic (exact) mass is 339 g/mol. The first-order chi connectivity index (χ1) is 11.8. The van der Waals surface area contributed by atoms with Crippen molar-refractivity contribution >= 4 is 11.6 Å². The van der Waals surface area contributed by atoms with Gasteiger partial charge in [-0.3, -0.25) is 0 Å². The van der Waals surface area contributed by atoms with E-state index in [-0.39, 0.29) is 0 Å². The Kier molecular flexibility index (Phi) is 4.24. The lowest BCUT2D eigenvalue weighted by molar-refractivity contribution is 0.307. The fourth-order valence-corrected chi connectivity index (χ4v) is 3.10. The van der Waals surface area contributed by atoms with Crippen LogP contribution in [0, 0.1) is 0 Å². The Morgan fingerprint density at radius 1 is 1.08 bits per heavy atom. The van der Waals surface area contributed by atoms with Crippen molar-refractivity contribution in [3.63, 3.8) is 0 Å². The Bertz CT molecular complexity index is 836. The molecule has 5 heteroatoms. The normalized spacial score (nSPS) is 13.5. The molecule has 0 saturated heterocycles.